The molecule has 9 heteroatoms. The second-order valence-electron chi connectivity index (χ2n) is 14.2. The van der Waals surface area contributed by atoms with Crippen molar-refractivity contribution in [1.82, 2.24) is 24.3 Å². The van der Waals surface area contributed by atoms with Crippen LogP contribution in [0.4, 0.5) is 4.79 Å². The molecule has 4 heterocycles. The van der Waals surface area contributed by atoms with Gasteiger partial charge in [-0.05, 0) is 84.3 Å². The number of carbonyl (C=O) groups is 1. The average Bonchev–Trinajstić information content (AvgIpc) is 3.67. The quantitative estimate of drug-likeness (QED) is 0.285. The van der Waals surface area contributed by atoms with Crippen molar-refractivity contribution in [2.24, 2.45) is 0 Å². The summed E-state index contributed by atoms with van der Waals surface area (Å²) in [6, 6.07) is 1.99. The molecule has 0 radical (unpaired) electrons. The van der Waals surface area contributed by atoms with Crippen molar-refractivity contribution in [1.29, 1.82) is 0 Å². The highest BCUT2D eigenvalue weighted by Gasteiger charge is 2.33. The summed E-state index contributed by atoms with van der Waals surface area (Å²) < 4.78 is 13.9. The molecule has 8 nitrogen and oxygen atoms in total. The minimum absolute atomic E-state index is 0.209. The number of aromatic nitrogens is 3. The molecule has 2 aromatic rings. The van der Waals surface area contributed by atoms with Crippen molar-refractivity contribution in [2.45, 2.75) is 115 Å². The zero-order valence-electron chi connectivity index (χ0n) is 25.0. The Balaban J connectivity index is 1.32. The van der Waals surface area contributed by atoms with Crippen LogP contribution < -0.4 is 0 Å². The highest BCUT2D eigenvalue weighted by atomic mass is 28.3. The minimum Gasteiger partial charge on any atom is -0.444 e. The first-order valence-corrected chi connectivity index (χ1v) is 18.8. The second-order valence-corrected chi connectivity index (χ2v) is 19.8. The summed E-state index contributed by atoms with van der Waals surface area (Å²) in [5.74, 6) is 0.825. The van der Waals surface area contributed by atoms with Gasteiger partial charge in [0.15, 0.2) is 5.65 Å². The molecule has 2 saturated heterocycles. The summed E-state index contributed by atoms with van der Waals surface area (Å²) >= 11 is 0. The molecular formula is C30H49N5O3Si. The Labute approximate surface area is 235 Å². The fraction of sp³-hybridized carbons (Fsp3) is 0.767. The van der Waals surface area contributed by atoms with Crippen LogP contribution in [0.5, 0.6) is 0 Å². The van der Waals surface area contributed by atoms with Crippen molar-refractivity contribution in [3.05, 3.63) is 23.7 Å². The van der Waals surface area contributed by atoms with Crippen molar-refractivity contribution in [3.63, 3.8) is 0 Å². The van der Waals surface area contributed by atoms with E-state index in [4.69, 9.17) is 19.4 Å². The topological polar surface area (TPSA) is 72.7 Å². The molecule has 1 aliphatic carbocycles. The Morgan fingerprint density at radius 2 is 1.67 bits per heavy atom. The highest BCUT2D eigenvalue weighted by Crippen LogP contribution is 2.37. The Morgan fingerprint density at radius 1 is 1.00 bits per heavy atom. The van der Waals surface area contributed by atoms with Crippen molar-refractivity contribution >= 4 is 25.3 Å². The normalized spacial score (nSPS) is 20.6. The highest BCUT2D eigenvalue weighted by molar-refractivity contribution is 6.76. The third-order valence-electron chi connectivity index (χ3n) is 8.44. The Hall–Kier alpha value is -1.97. The average molecular weight is 556 g/mol. The number of piperidine rings is 2. The molecule has 0 spiro atoms. The van der Waals surface area contributed by atoms with Gasteiger partial charge in [0.2, 0.25) is 0 Å². The van der Waals surface area contributed by atoms with Crippen LogP contribution in [-0.2, 0) is 16.2 Å². The minimum atomic E-state index is -1.14. The molecule has 1 amide bonds. The van der Waals surface area contributed by atoms with Gasteiger partial charge < -0.3 is 23.8 Å². The molecule has 216 valence electrons. The van der Waals surface area contributed by atoms with Crippen LogP contribution in [0.25, 0.3) is 11.2 Å². The van der Waals surface area contributed by atoms with Crippen LogP contribution in [0.1, 0.15) is 82.4 Å². The van der Waals surface area contributed by atoms with Crippen LogP contribution in [-0.4, -0.2) is 82.9 Å². The number of nitrogens with zero attached hydrogens (tertiary/aromatic N) is 5. The zero-order valence-corrected chi connectivity index (χ0v) is 26.0. The molecular weight excluding hydrogens is 506 g/mol. The standard InChI is InChI=1S/C30H49N5O3Si/c1-30(2,3)38-29(36)34-15-9-22(10-16-34)25-20-35(21-37-17-18-39(4,5)6)28-27(25)32-26(19-31-28)23-11-13-33(14-12-23)24-7-8-24/h19-20,22-24H,7-18,21H2,1-6H3. The van der Waals surface area contributed by atoms with Crippen molar-refractivity contribution in [2.75, 3.05) is 32.8 Å². The van der Waals surface area contributed by atoms with Gasteiger partial charge in [-0.3, -0.25) is 0 Å². The smallest absolute Gasteiger partial charge is 0.410 e. The van der Waals surface area contributed by atoms with E-state index in [0.29, 0.717) is 31.7 Å². The summed E-state index contributed by atoms with van der Waals surface area (Å²) in [6.07, 6.45) is 10.9. The predicted molar refractivity (Wildman–Crippen MR) is 158 cm³/mol. The van der Waals surface area contributed by atoms with E-state index in [2.05, 4.69) is 35.3 Å². The second kappa shape index (κ2) is 11.5. The molecule has 2 aliphatic heterocycles. The van der Waals surface area contributed by atoms with Gasteiger partial charge in [-0.2, -0.15) is 0 Å². The summed E-state index contributed by atoms with van der Waals surface area (Å²) in [5, 5.41) is 0. The van der Waals surface area contributed by atoms with Crippen LogP contribution in [0.2, 0.25) is 25.7 Å². The molecule has 0 atom stereocenters. The summed E-state index contributed by atoms with van der Waals surface area (Å²) in [6.45, 7) is 17.9. The third kappa shape index (κ3) is 7.41. The van der Waals surface area contributed by atoms with E-state index in [-0.39, 0.29) is 6.09 Å². The third-order valence-corrected chi connectivity index (χ3v) is 10.1. The SMILES string of the molecule is CC(C)(C)OC(=O)N1CCC(c2cn(COCC[Si](C)(C)C)c3ncc(C4CCN(C5CC5)CC4)nc23)CC1. The lowest BCUT2D eigenvalue weighted by Gasteiger charge is -2.33. The molecule has 1 saturated carbocycles. The number of ether oxygens (including phenoxy) is 2. The van der Waals surface area contributed by atoms with E-state index in [1.165, 1.54) is 44.3 Å². The number of likely N-dealkylation sites (tertiary alicyclic amines) is 2. The lowest BCUT2D eigenvalue weighted by molar-refractivity contribution is 0.0205. The first-order chi connectivity index (χ1) is 18.5. The Kier molecular flexibility index (Phi) is 8.41. The lowest BCUT2D eigenvalue weighted by Crippen LogP contribution is -2.41. The van der Waals surface area contributed by atoms with Crippen LogP contribution in [0.3, 0.4) is 0 Å². The number of rotatable bonds is 8. The summed E-state index contributed by atoms with van der Waals surface area (Å²) in [4.78, 5) is 27.4. The molecule has 0 N–H and O–H groups in total. The summed E-state index contributed by atoms with van der Waals surface area (Å²) in [7, 11) is -1.14. The number of amides is 1. The van der Waals surface area contributed by atoms with Crippen molar-refractivity contribution < 1.29 is 14.3 Å². The first kappa shape index (κ1) is 28.6. The van der Waals surface area contributed by atoms with Gasteiger partial charge in [0.1, 0.15) is 17.8 Å². The first-order valence-electron chi connectivity index (χ1n) is 15.1. The van der Waals surface area contributed by atoms with Gasteiger partial charge >= 0.3 is 6.09 Å². The van der Waals surface area contributed by atoms with Gasteiger partial charge in [-0.15, -0.1) is 0 Å². The maximum Gasteiger partial charge on any atom is 0.410 e. The molecule has 0 bridgehead atoms. The van der Waals surface area contributed by atoms with Gasteiger partial charge in [-0.1, -0.05) is 19.6 Å². The number of fused-ring (bicyclic) bond motifs is 1. The van der Waals surface area contributed by atoms with E-state index in [0.717, 1.165) is 48.4 Å². The van der Waals surface area contributed by atoms with Gasteiger partial charge in [-0.25, -0.2) is 14.8 Å². The molecule has 5 rings (SSSR count). The van der Waals surface area contributed by atoms with Crippen LogP contribution in [0, 0.1) is 0 Å². The van der Waals surface area contributed by atoms with E-state index in [1.807, 2.05) is 31.9 Å². The lowest BCUT2D eigenvalue weighted by atomic mass is 9.90. The number of hydrogen-bond acceptors (Lipinski definition) is 6. The largest absolute Gasteiger partial charge is 0.444 e. The van der Waals surface area contributed by atoms with E-state index in [9.17, 15) is 4.79 Å². The molecule has 2 aromatic heterocycles. The molecule has 3 fully saturated rings. The van der Waals surface area contributed by atoms with Gasteiger partial charge in [0, 0.05) is 51.5 Å². The van der Waals surface area contributed by atoms with Crippen LogP contribution in [0.15, 0.2) is 12.4 Å². The van der Waals surface area contributed by atoms with E-state index < -0.39 is 13.7 Å². The fourth-order valence-corrected chi connectivity index (χ4v) is 6.68. The Bertz CT molecular complexity index is 1130. The summed E-state index contributed by atoms with van der Waals surface area (Å²) in [5.41, 5.74) is 3.88. The fourth-order valence-electron chi connectivity index (χ4n) is 5.93. The molecule has 0 unspecified atom stereocenters. The van der Waals surface area contributed by atoms with E-state index in [1.54, 1.807) is 0 Å². The molecule has 3 aliphatic rings. The zero-order chi connectivity index (χ0) is 27.8. The number of hydrogen-bond donors (Lipinski definition) is 0. The van der Waals surface area contributed by atoms with Crippen LogP contribution >= 0.6 is 0 Å². The Morgan fingerprint density at radius 3 is 2.28 bits per heavy atom. The maximum absolute atomic E-state index is 12.6. The monoisotopic (exact) mass is 555 g/mol. The van der Waals surface area contributed by atoms with Gasteiger partial charge in [0.05, 0.1) is 11.9 Å². The van der Waals surface area contributed by atoms with Crippen molar-refractivity contribution in [3.8, 4) is 0 Å². The molecule has 0 aromatic carbocycles. The maximum atomic E-state index is 12.6. The predicted octanol–water partition coefficient (Wildman–Crippen LogP) is 6.20. The molecule has 39 heavy (non-hydrogen) atoms. The van der Waals surface area contributed by atoms with Gasteiger partial charge in [0.25, 0.3) is 0 Å². The van der Waals surface area contributed by atoms with E-state index >= 15 is 0 Å². The number of carbonyl (C=O) groups excluding carboxylic acids is 1.